The number of pyridine rings is 1. The number of nitrogens with two attached hydrogens (primary N) is 1. The van der Waals surface area contributed by atoms with Crippen molar-refractivity contribution in [2.45, 2.75) is 0 Å². The van der Waals surface area contributed by atoms with Gasteiger partial charge in [-0.2, -0.15) is 9.27 Å². The van der Waals surface area contributed by atoms with Crippen molar-refractivity contribution in [2.75, 3.05) is 51.3 Å². The van der Waals surface area contributed by atoms with E-state index in [1.54, 1.807) is 11.7 Å². The van der Waals surface area contributed by atoms with Crippen LogP contribution in [0.25, 0.3) is 16.6 Å². The quantitative estimate of drug-likeness (QED) is 0.141. The smallest absolute Gasteiger partial charge is 0.305 e. The van der Waals surface area contributed by atoms with E-state index < -0.39 is 23.4 Å². The molecule has 43 heavy (non-hydrogen) atoms. The highest BCUT2D eigenvalue weighted by Gasteiger charge is 2.39. The average Bonchev–Trinajstić information content (AvgIpc) is 3.75. The lowest BCUT2D eigenvalue weighted by Gasteiger charge is -2.34. The Labute approximate surface area is 243 Å². The van der Waals surface area contributed by atoms with Crippen molar-refractivity contribution >= 4 is 40.2 Å². The van der Waals surface area contributed by atoms with Crippen LogP contribution in [0.4, 0.5) is 10.3 Å². The maximum atomic E-state index is 15.1. The SMILES string of the molecule is C[N+]1(CCO)N=C(c2ncc(F)c3c(C(=O)C(=O)N4CCN(c5nnnn5-c5ccccc5)CC4)c[nH]c23)C=C1C(N)=O. The number of likely N-dealkylation sites (N-methyl/N-ethyl adjacent to an activating group) is 1. The monoisotopic (exact) mass is 588 g/mol. The summed E-state index contributed by atoms with van der Waals surface area (Å²) in [7, 11) is 1.59. The van der Waals surface area contributed by atoms with Gasteiger partial charge in [-0.15, -0.1) is 0 Å². The van der Waals surface area contributed by atoms with E-state index in [9.17, 15) is 19.5 Å². The van der Waals surface area contributed by atoms with Gasteiger partial charge in [0.1, 0.15) is 12.2 Å². The van der Waals surface area contributed by atoms with Gasteiger partial charge < -0.3 is 25.6 Å². The average molecular weight is 589 g/mol. The molecule has 4 aromatic rings. The second kappa shape index (κ2) is 10.8. The molecule has 0 spiro atoms. The number of hydrogen-bond acceptors (Lipinski definition) is 10. The Morgan fingerprint density at radius 1 is 1.14 bits per heavy atom. The molecule has 0 bridgehead atoms. The van der Waals surface area contributed by atoms with Crippen molar-refractivity contribution < 1.29 is 28.5 Å². The van der Waals surface area contributed by atoms with Crippen molar-refractivity contribution in [3.05, 3.63) is 71.6 Å². The van der Waals surface area contributed by atoms with Crippen LogP contribution >= 0.6 is 0 Å². The number of rotatable bonds is 8. The fraction of sp³-hybridized carbons (Fsp3) is 0.259. The summed E-state index contributed by atoms with van der Waals surface area (Å²) in [6.07, 6.45) is 3.61. The van der Waals surface area contributed by atoms with Gasteiger partial charge in [0.05, 0.1) is 42.0 Å². The summed E-state index contributed by atoms with van der Waals surface area (Å²) in [6, 6.07) is 9.38. The van der Waals surface area contributed by atoms with E-state index in [2.05, 4.69) is 30.6 Å². The number of nitrogens with zero attached hydrogens (tertiary/aromatic N) is 9. The predicted octanol–water partition coefficient (Wildman–Crippen LogP) is -0.265. The zero-order chi connectivity index (χ0) is 30.3. The van der Waals surface area contributed by atoms with Crippen molar-refractivity contribution in [3.63, 3.8) is 0 Å². The van der Waals surface area contributed by atoms with E-state index in [1.807, 2.05) is 35.2 Å². The number of aromatic nitrogens is 6. The first-order valence-corrected chi connectivity index (χ1v) is 13.4. The van der Waals surface area contributed by atoms with E-state index in [4.69, 9.17) is 5.73 Å². The number of aliphatic hydroxyl groups is 1. The van der Waals surface area contributed by atoms with Gasteiger partial charge in [-0.3, -0.25) is 14.4 Å². The van der Waals surface area contributed by atoms with Gasteiger partial charge in [-0.1, -0.05) is 28.4 Å². The molecule has 1 aromatic carbocycles. The van der Waals surface area contributed by atoms with Gasteiger partial charge in [-0.05, 0) is 22.6 Å². The van der Waals surface area contributed by atoms with Crippen LogP contribution in [-0.4, -0.2) is 114 Å². The summed E-state index contributed by atoms with van der Waals surface area (Å²) in [5.41, 5.74) is 6.77. The molecule has 220 valence electrons. The maximum Gasteiger partial charge on any atom is 0.305 e. The van der Waals surface area contributed by atoms with E-state index >= 15 is 4.39 Å². The number of carbonyl (C=O) groups is 3. The fourth-order valence-electron chi connectivity index (χ4n) is 5.34. The van der Waals surface area contributed by atoms with Gasteiger partial charge in [0.25, 0.3) is 11.7 Å². The third-order valence-corrected chi connectivity index (χ3v) is 7.56. The molecule has 4 N–H and O–H groups in total. The van der Waals surface area contributed by atoms with Gasteiger partial charge in [0.15, 0.2) is 11.5 Å². The molecular formula is C27H27FN11O4+. The van der Waals surface area contributed by atoms with E-state index in [0.29, 0.717) is 19.0 Å². The number of halogens is 1. The minimum Gasteiger partial charge on any atom is -0.390 e. The van der Waals surface area contributed by atoms with Crippen LogP contribution in [-0.2, 0) is 9.59 Å². The number of ketones is 1. The zero-order valence-corrected chi connectivity index (χ0v) is 23.0. The second-order valence-electron chi connectivity index (χ2n) is 10.2. The Morgan fingerprint density at radius 3 is 2.58 bits per heavy atom. The number of aromatic amines is 1. The van der Waals surface area contributed by atoms with Crippen molar-refractivity contribution in [2.24, 2.45) is 10.8 Å². The van der Waals surface area contributed by atoms with Crippen molar-refractivity contribution in [3.8, 4) is 5.69 Å². The number of aliphatic hydroxyl groups excluding tert-OH is 1. The minimum absolute atomic E-state index is 0.0695. The van der Waals surface area contributed by atoms with E-state index in [-0.39, 0.29) is 64.4 Å². The van der Waals surface area contributed by atoms with Crippen LogP contribution in [0.2, 0.25) is 0 Å². The van der Waals surface area contributed by atoms with E-state index in [0.717, 1.165) is 11.9 Å². The summed E-state index contributed by atoms with van der Waals surface area (Å²) in [5, 5.41) is 25.8. The Balaban J connectivity index is 1.23. The van der Waals surface area contributed by atoms with Crippen LogP contribution in [0.15, 0.2) is 59.6 Å². The lowest BCUT2D eigenvalue weighted by molar-refractivity contribution is -0.872. The first-order chi connectivity index (χ1) is 20.7. The summed E-state index contributed by atoms with van der Waals surface area (Å²) in [5.74, 6) is -2.69. The van der Waals surface area contributed by atoms with Gasteiger partial charge in [-0.25, -0.2) is 9.37 Å². The number of para-hydroxylation sites is 1. The molecule has 5 heterocycles. The minimum atomic E-state index is -0.882. The van der Waals surface area contributed by atoms with Crippen molar-refractivity contribution in [1.82, 2.24) is 35.1 Å². The molecule has 16 heteroatoms. The first-order valence-electron chi connectivity index (χ1n) is 13.4. The number of anilines is 1. The lowest BCUT2D eigenvalue weighted by Crippen LogP contribution is -2.51. The van der Waals surface area contributed by atoms with Crippen LogP contribution in [0, 0.1) is 5.82 Å². The second-order valence-corrected chi connectivity index (χ2v) is 10.2. The molecule has 0 aliphatic carbocycles. The molecule has 0 saturated carbocycles. The molecule has 2 amide bonds. The molecule has 1 fully saturated rings. The standard InChI is InChI=1S/C27H26FN11O4/c1-39(11-12-40)20(25(29)42)13-19(33-39)22-23-21(18(28)15-31-22)17(14-30-23)24(41)26(43)36-7-9-37(10-8-36)27-32-34-35-38(27)16-5-3-2-4-6-16/h2-6,13-15,40H,7-12H2,1H3,(H2-,29,30,31,33,41,42)/p+1. The number of benzene rings is 1. The van der Waals surface area contributed by atoms with E-state index in [1.165, 1.54) is 17.2 Å². The largest absolute Gasteiger partial charge is 0.390 e. The number of hydrogen-bond donors (Lipinski definition) is 3. The highest BCUT2D eigenvalue weighted by Crippen LogP contribution is 2.30. The van der Waals surface area contributed by atoms with Crippen LogP contribution in [0.5, 0.6) is 0 Å². The lowest BCUT2D eigenvalue weighted by atomic mass is 10.1. The highest BCUT2D eigenvalue weighted by atomic mass is 19.1. The number of allylic oxidation sites excluding steroid dienone is 1. The topological polar surface area (TPSA) is 189 Å². The maximum absolute atomic E-state index is 15.1. The molecular weight excluding hydrogens is 561 g/mol. The fourth-order valence-corrected chi connectivity index (χ4v) is 5.34. The Kier molecular flexibility index (Phi) is 6.99. The number of piperazine rings is 1. The van der Waals surface area contributed by atoms with Crippen LogP contribution in [0.1, 0.15) is 16.1 Å². The molecule has 0 radical (unpaired) electrons. The Hall–Kier alpha value is -5.35. The third kappa shape index (κ3) is 4.81. The summed E-state index contributed by atoms with van der Waals surface area (Å²) in [4.78, 5) is 49.1. The molecule has 1 saturated heterocycles. The number of tetrazole rings is 1. The number of amides is 2. The Bertz CT molecular complexity index is 1810. The number of carbonyl (C=O) groups excluding carboxylic acids is 3. The number of quaternary nitrogens is 1. The number of H-pyrrole nitrogens is 1. The van der Waals surface area contributed by atoms with Crippen molar-refractivity contribution in [1.29, 1.82) is 0 Å². The first kappa shape index (κ1) is 27.8. The summed E-state index contributed by atoms with van der Waals surface area (Å²) >= 11 is 0. The number of primary amides is 1. The van der Waals surface area contributed by atoms with Gasteiger partial charge >= 0.3 is 5.91 Å². The zero-order valence-electron chi connectivity index (χ0n) is 23.0. The normalized spacial score (nSPS) is 18.6. The Morgan fingerprint density at radius 2 is 1.88 bits per heavy atom. The van der Waals surface area contributed by atoms with Gasteiger partial charge in [0.2, 0.25) is 11.6 Å². The number of fused-ring (bicyclic) bond motifs is 1. The van der Waals surface area contributed by atoms with Gasteiger partial charge in [0, 0.05) is 38.5 Å². The number of nitrogens with one attached hydrogen (secondary N) is 1. The predicted molar refractivity (Wildman–Crippen MR) is 150 cm³/mol. The molecule has 3 aromatic heterocycles. The molecule has 1 unspecified atom stereocenters. The molecule has 15 nitrogen and oxygen atoms in total. The molecule has 6 rings (SSSR count). The third-order valence-electron chi connectivity index (χ3n) is 7.56. The summed E-state index contributed by atoms with van der Waals surface area (Å²) in [6.45, 7) is 1.00. The molecule has 1 atom stereocenters. The molecule has 2 aliphatic heterocycles. The van der Waals surface area contributed by atoms with Crippen LogP contribution in [0.3, 0.4) is 0 Å². The highest BCUT2D eigenvalue weighted by molar-refractivity contribution is 6.45. The molecule has 2 aliphatic rings. The summed E-state index contributed by atoms with van der Waals surface area (Å²) < 4.78 is 16.4. The number of Topliss-reactive ketones (excluding diaryl/α,β-unsaturated/α-hetero) is 1. The van der Waals surface area contributed by atoms with Crippen LogP contribution < -0.4 is 10.6 Å².